The highest BCUT2D eigenvalue weighted by atomic mass is 15.0. The molecule has 2 aliphatic rings. The van der Waals surface area contributed by atoms with Gasteiger partial charge in [-0.2, -0.15) is 0 Å². The van der Waals surface area contributed by atoms with Crippen LogP contribution >= 0.6 is 0 Å². The van der Waals surface area contributed by atoms with E-state index in [1.54, 1.807) is 0 Å². The molecule has 0 bridgehead atoms. The van der Waals surface area contributed by atoms with Crippen molar-refractivity contribution in [3.8, 4) is 45.5 Å². The number of aromatic nitrogens is 5. The van der Waals surface area contributed by atoms with Crippen LogP contribution < -0.4 is 0 Å². The highest BCUT2D eigenvalue weighted by Gasteiger charge is 2.47. The minimum atomic E-state index is -0.553. The third kappa shape index (κ3) is 5.77. The number of fused-ring (bicyclic) bond motifs is 10. The van der Waals surface area contributed by atoms with Crippen LogP contribution in [0.1, 0.15) is 44.5 Å². The van der Waals surface area contributed by atoms with Gasteiger partial charge in [-0.25, -0.2) is 15.0 Å². The summed E-state index contributed by atoms with van der Waals surface area (Å²) in [7, 11) is 0. The van der Waals surface area contributed by atoms with Crippen LogP contribution in [0.5, 0.6) is 0 Å². The zero-order valence-electron chi connectivity index (χ0n) is 41.2. The van der Waals surface area contributed by atoms with Crippen molar-refractivity contribution in [2.45, 2.75) is 10.8 Å². The number of nitrogens with zero attached hydrogens (tertiary/aromatic N) is 5. The molecule has 2 aliphatic heterocycles. The van der Waals surface area contributed by atoms with Gasteiger partial charge >= 0.3 is 0 Å². The summed E-state index contributed by atoms with van der Waals surface area (Å²) in [5, 5.41) is 4.65. The van der Waals surface area contributed by atoms with Gasteiger partial charge in [0.15, 0.2) is 17.5 Å². The molecule has 0 amide bonds. The molecule has 0 fully saturated rings. The van der Waals surface area contributed by atoms with E-state index in [1.165, 1.54) is 77.7 Å². The van der Waals surface area contributed by atoms with E-state index in [0.717, 1.165) is 38.5 Å². The molecule has 0 aliphatic carbocycles. The fourth-order valence-corrected chi connectivity index (χ4v) is 13.5. The van der Waals surface area contributed by atoms with Crippen molar-refractivity contribution in [2.24, 2.45) is 0 Å². The van der Waals surface area contributed by atoms with Crippen LogP contribution in [0.3, 0.4) is 0 Å². The molecule has 354 valence electrons. The topological polar surface area (TPSA) is 48.5 Å². The van der Waals surface area contributed by atoms with E-state index in [4.69, 9.17) is 15.0 Å². The van der Waals surface area contributed by atoms with Crippen LogP contribution in [-0.4, -0.2) is 24.1 Å². The van der Waals surface area contributed by atoms with Gasteiger partial charge in [-0.3, -0.25) is 0 Å². The molecule has 16 rings (SSSR count). The van der Waals surface area contributed by atoms with Gasteiger partial charge in [0.25, 0.3) is 0 Å². The van der Waals surface area contributed by atoms with Crippen molar-refractivity contribution in [1.29, 1.82) is 0 Å². The van der Waals surface area contributed by atoms with Crippen molar-refractivity contribution in [3.05, 3.63) is 317 Å². The fourth-order valence-electron chi connectivity index (χ4n) is 13.5. The molecule has 3 aromatic heterocycles. The molecule has 5 heteroatoms. The van der Waals surface area contributed by atoms with Crippen LogP contribution in [0, 0.1) is 0 Å². The molecule has 0 radical (unpaired) electrons. The first-order valence-corrected chi connectivity index (χ1v) is 26.1. The van der Waals surface area contributed by atoms with Gasteiger partial charge in [-0.05, 0) is 93.0 Å². The molecule has 11 aromatic carbocycles. The maximum atomic E-state index is 5.43. The monoisotopic (exact) mass is 967 g/mol. The van der Waals surface area contributed by atoms with Gasteiger partial charge in [-0.1, -0.05) is 224 Å². The Bertz CT molecular complexity index is 4260. The van der Waals surface area contributed by atoms with Crippen molar-refractivity contribution >= 4 is 43.6 Å². The third-order valence-corrected chi connectivity index (χ3v) is 16.5. The standard InChI is InChI=1S/C71H45N5/c1-6-22-46(23-7-1)67-72-68(47-40-42-61-55(44-47)53-32-20-36-59-65(53)75(61)63-38-18-16-34-57(63)70(59,49-24-8-2-9-25-49)50-26-10-3-11-27-50)74-69(73-67)48-41-43-62-56(45-48)54-33-21-37-60-66(54)76(62)64-39-19-17-35-58(64)71(60,51-28-12-4-13-29-51)52-30-14-5-15-31-52/h1-45H. The van der Waals surface area contributed by atoms with Crippen molar-refractivity contribution in [1.82, 2.24) is 24.1 Å². The second-order valence-electron chi connectivity index (χ2n) is 20.2. The lowest BCUT2D eigenvalue weighted by molar-refractivity contribution is 0.728. The molecule has 0 saturated carbocycles. The molecular formula is C71H45N5. The maximum absolute atomic E-state index is 5.43. The number of benzene rings is 11. The molecule has 14 aromatic rings. The Morgan fingerprint density at radius 3 is 0.974 bits per heavy atom. The predicted octanol–water partition coefficient (Wildman–Crippen LogP) is 16.5. The van der Waals surface area contributed by atoms with Crippen molar-refractivity contribution < 1.29 is 0 Å². The van der Waals surface area contributed by atoms with Gasteiger partial charge < -0.3 is 9.13 Å². The summed E-state index contributed by atoms with van der Waals surface area (Å²) in [6.45, 7) is 0. The highest BCUT2D eigenvalue weighted by Crippen LogP contribution is 2.56. The van der Waals surface area contributed by atoms with E-state index in [9.17, 15) is 0 Å². The molecule has 76 heavy (non-hydrogen) atoms. The Morgan fingerprint density at radius 2 is 0.579 bits per heavy atom. The summed E-state index contributed by atoms with van der Waals surface area (Å²) < 4.78 is 4.96. The number of hydrogen-bond acceptors (Lipinski definition) is 3. The summed E-state index contributed by atoms with van der Waals surface area (Å²) in [6.07, 6.45) is 0. The summed E-state index contributed by atoms with van der Waals surface area (Å²) in [5.74, 6) is 1.86. The van der Waals surface area contributed by atoms with E-state index in [1.807, 2.05) is 18.2 Å². The van der Waals surface area contributed by atoms with Gasteiger partial charge in [0, 0.05) is 38.2 Å². The SMILES string of the molecule is c1ccc(-c2nc(-c3ccc4c(c3)c3cccc5c3n4-c3ccccc3C5(c3ccccc3)c3ccccc3)nc(-c3ccc4c(c3)c3cccc5c3n4-c3ccccc3C5(c3ccccc3)c3ccccc3)n2)cc1. The third-order valence-electron chi connectivity index (χ3n) is 16.5. The molecule has 5 nitrogen and oxygen atoms in total. The summed E-state index contributed by atoms with van der Waals surface area (Å²) in [6, 6.07) is 99.4. The second-order valence-corrected chi connectivity index (χ2v) is 20.2. The van der Waals surface area contributed by atoms with Crippen molar-refractivity contribution in [2.75, 3.05) is 0 Å². The van der Waals surface area contributed by atoms with E-state index in [0.29, 0.717) is 17.5 Å². The van der Waals surface area contributed by atoms with Gasteiger partial charge in [-0.15, -0.1) is 0 Å². The van der Waals surface area contributed by atoms with Gasteiger partial charge in [0.2, 0.25) is 0 Å². The molecule has 0 unspecified atom stereocenters. The molecule has 5 heterocycles. The molecule has 0 spiro atoms. The lowest BCUT2D eigenvalue weighted by atomic mass is 9.63. The quantitative estimate of drug-likeness (QED) is 0.160. The van der Waals surface area contributed by atoms with Crippen LogP contribution in [0.15, 0.2) is 273 Å². The Kier molecular flexibility index (Phi) is 9.10. The zero-order chi connectivity index (χ0) is 50.0. The molecule has 0 saturated heterocycles. The van der Waals surface area contributed by atoms with Gasteiger partial charge in [0.1, 0.15) is 0 Å². The average molecular weight is 968 g/mol. The lowest BCUT2D eigenvalue weighted by Gasteiger charge is -2.41. The molecular weight excluding hydrogens is 923 g/mol. The highest BCUT2D eigenvalue weighted by molar-refractivity contribution is 6.14. The number of rotatable bonds is 7. The Morgan fingerprint density at radius 1 is 0.250 bits per heavy atom. The van der Waals surface area contributed by atoms with Crippen molar-refractivity contribution in [3.63, 3.8) is 0 Å². The molecule has 0 N–H and O–H groups in total. The van der Waals surface area contributed by atoms with E-state index in [2.05, 4.69) is 264 Å². The first-order chi connectivity index (χ1) is 37.7. The fraction of sp³-hybridized carbons (Fsp3) is 0.0282. The largest absolute Gasteiger partial charge is 0.309 e. The maximum Gasteiger partial charge on any atom is 0.164 e. The molecule has 0 atom stereocenters. The number of para-hydroxylation sites is 4. The number of hydrogen-bond donors (Lipinski definition) is 0. The predicted molar refractivity (Wildman–Crippen MR) is 309 cm³/mol. The minimum Gasteiger partial charge on any atom is -0.309 e. The second kappa shape index (κ2) is 16.3. The zero-order valence-corrected chi connectivity index (χ0v) is 41.2. The first-order valence-electron chi connectivity index (χ1n) is 26.1. The van der Waals surface area contributed by atoms with E-state index in [-0.39, 0.29) is 0 Å². The summed E-state index contributed by atoms with van der Waals surface area (Å²) in [5.41, 5.74) is 18.6. The minimum absolute atomic E-state index is 0.553. The van der Waals surface area contributed by atoms with Crippen LogP contribution in [0.2, 0.25) is 0 Å². The Hall–Kier alpha value is -9.97. The van der Waals surface area contributed by atoms with Crippen LogP contribution in [-0.2, 0) is 10.8 Å². The summed E-state index contributed by atoms with van der Waals surface area (Å²) >= 11 is 0. The summed E-state index contributed by atoms with van der Waals surface area (Å²) in [4.78, 5) is 16.0. The van der Waals surface area contributed by atoms with Gasteiger partial charge in [0.05, 0.1) is 44.3 Å². The van der Waals surface area contributed by atoms with E-state index < -0.39 is 10.8 Å². The normalized spacial score (nSPS) is 13.7. The Labute approximate surface area is 439 Å². The lowest BCUT2D eigenvalue weighted by Crippen LogP contribution is -2.35. The average Bonchev–Trinajstić information content (AvgIpc) is 4.19. The Balaban J connectivity index is 0.912. The first kappa shape index (κ1) is 42.5. The van der Waals surface area contributed by atoms with Crippen LogP contribution in [0.4, 0.5) is 0 Å². The smallest absolute Gasteiger partial charge is 0.164 e. The van der Waals surface area contributed by atoms with Crippen LogP contribution in [0.25, 0.3) is 89.2 Å². The van der Waals surface area contributed by atoms with E-state index >= 15 is 0 Å².